The first-order chi connectivity index (χ1) is 11.9. The lowest BCUT2D eigenvalue weighted by atomic mass is 10.0. The first kappa shape index (κ1) is 16.5. The third kappa shape index (κ3) is 3.61. The molecule has 2 aromatic rings. The molecule has 7 nitrogen and oxygen atoms in total. The molecule has 0 saturated carbocycles. The highest BCUT2D eigenvalue weighted by atomic mass is 16.3. The van der Waals surface area contributed by atoms with Crippen LogP contribution in [0.2, 0.25) is 0 Å². The normalized spacial score (nSPS) is 15.4. The molecule has 2 amide bonds. The summed E-state index contributed by atoms with van der Waals surface area (Å²) < 4.78 is 0. The standard InChI is InChI=1S/C18H17N3O4/c1-10(22)12-4-7-15-14(9-12)17(18(25)19-15)21-20-16(24)8-11-2-5-13(23)6-3-11/h2-7,9,17,21-23H,1,8H2,(H,19,25)(H,20,24). The van der Waals surface area contributed by atoms with E-state index in [4.69, 9.17) is 0 Å². The molecule has 0 bridgehead atoms. The molecule has 7 heteroatoms. The van der Waals surface area contributed by atoms with E-state index in [2.05, 4.69) is 22.7 Å². The van der Waals surface area contributed by atoms with Crippen molar-refractivity contribution in [3.05, 3.63) is 65.7 Å². The van der Waals surface area contributed by atoms with Gasteiger partial charge in [0.1, 0.15) is 17.6 Å². The number of hydrogen-bond donors (Lipinski definition) is 5. The molecule has 0 aliphatic carbocycles. The maximum Gasteiger partial charge on any atom is 0.247 e. The zero-order chi connectivity index (χ0) is 18.0. The molecule has 1 unspecified atom stereocenters. The van der Waals surface area contributed by atoms with Crippen molar-refractivity contribution < 1.29 is 19.8 Å². The minimum Gasteiger partial charge on any atom is -0.508 e. The lowest BCUT2D eigenvalue weighted by Crippen LogP contribution is -2.43. The Labute approximate surface area is 144 Å². The minimum absolute atomic E-state index is 0.0992. The van der Waals surface area contributed by atoms with Crippen LogP contribution in [0.4, 0.5) is 5.69 Å². The molecule has 1 aliphatic heterocycles. The Balaban J connectivity index is 1.66. The SMILES string of the molecule is C=C(O)c1ccc2c(c1)C(NNC(=O)Cc1ccc(O)cc1)C(=O)N2. The van der Waals surface area contributed by atoms with Gasteiger partial charge in [0.2, 0.25) is 11.8 Å². The van der Waals surface area contributed by atoms with E-state index in [-0.39, 0.29) is 29.7 Å². The molecule has 1 heterocycles. The van der Waals surface area contributed by atoms with E-state index >= 15 is 0 Å². The topological polar surface area (TPSA) is 111 Å². The van der Waals surface area contributed by atoms with Gasteiger partial charge in [-0.2, -0.15) is 0 Å². The van der Waals surface area contributed by atoms with Crippen molar-refractivity contribution in [2.75, 3.05) is 5.32 Å². The third-order valence-corrected chi connectivity index (χ3v) is 3.87. The van der Waals surface area contributed by atoms with Gasteiger partial charge in [-0.3, -0.25) is 15.0 Å². The Bertz CT molecular complexity index is 846. The summed E-state index contributed by atoms with van der Waals surface area (Å²) in [6, 6.07) is 10.5. The van der Waals surface area contributed by atoms with Gasteiger partial charge in [-0.25, -0.2) is 5.43 Å². The van der Waals surface area contributed by atoms with Crippen LogP contribution in [0.3, 0.4) is 0 Å². The Morgan fingerprint density at radius 1 is 1.20 bits per heavy atom. The number of carbonyl (C=O) groups is 2. The van der Waals surface area contributed by atoms with Gasteiger partial charge in [0, 0.05) is 16.8 Å². The Morgan fingerprint density at radius 2 is 1.92 bits per heavy atom. The number of hydrogen-bond acceptors (Lipinski definition) is 5. The number of phenolic OH excluding ortho intramolecular Hbond substituents is 1. The first-order valence-electron chi connectivity index (χ1n) is 7.59. The summed E-state index contributed by atoms with van der Waals surface area (Å²) in [7, 11) is 0. The van der Waals surface area contributed by atoms with Crippen LogP contribution in [-0.2, 0) is 16.0 Å². The molecule has 0 spiro atoms. The van der Waals surface area contributed by atoms with Gasteiger partial charge < -0.3 is 15.5 Å². The number of aliphatic hydroxyl groups excluding tert-OH is 1. The Kier molecular flexibility index (Phi) is 4.40. The van der Waals surface area contributed by atoms with Crippen LogP contribution < -0.4 is 16.2 Å². The van der Waals surface area contributed by atoms with Gasteiger partial charge in [0.25, 0.3) is 0 Å². The molecule has 128 valence electrons. The van der Waals surface area contributed by atoms with Gasteiger partial charge in [-0.05, 0) is 35.9 Å². The highest BCUT2D eigenvalue weighted by Crippen LogP contribution is 2.32. The van der Waals surface area contributed by atoms with E-state index in [9.17, 15) is 19.8 Å². The fourth-order valence-corrected chi connectivity index (χ4v) is 2.58. The van der Waals surface area contributed by atoms with E-state index < -0.39 is 6.04 Å². The number of rotatable bonds is 5. The fourth-order valence-electron chi connectivity index (χ4n) is 2.58. The van der Waals surface area contributed by atoms with Crippen molar-refractivity contribution in [1.29, 1.82) is 0 Å². The number of anilines is 1. The summed E-state index contributed by atoms with van der Waals surface area (Å²) in [6.45, 7) is 3.46. The van der Waals surface area contributed by atoms with Crippen molar-refractivity contribution in [3.63, 3.8) is 0 Å². The molecule has 25 heavy (non-hydrogen) atoms. The predicted molar refractivity (Wildman–Crippen MR) is 92.6 cm³/mol. The van der Waals surface area contributed by atoms with Gasteiger partial charge >= 0.3 is 0 Å². The van der Waals surface area contributed by atoms with E-state index in [0.29, 0.717) is 16.8 Å². The second kappa shape index (κ2) is 6.66. The van der Waals surface area contributed by atoms with Crippen LogP contribution in [0, 0.1) is 0 Å². The van der Waals surface area contributed by atoms with Crippen LogP contribution in [0.5, 0.6) is 5.75 Å². The number of hydrazine groups is 1. The Morgan fingerprint density at radius 3 is 2.60 bits per heavy atom. The molecule has 0 fully saturated rings. The molecule has 1 atom stereocenters. The van der Waals surface area contributed by atoms with Crippen LogP contribution in [-0.4, -0.2) is 22.0 Å². The third-order valence-electron chi connectivity index (χ3n) is 3.87. The summed E-state index contributed by atoms with van der Waals surface area (Å²) in [6.07, 6.45) is 0.0992. The average Bonchev–Trinajstić information content (AvgIpc) is 2.89. The van der Waals surface area contributed by atoms with Gasteiger partial charge in [-0.1, -0.05) is 18.7 Å². The number of carbonyl (C=O) groups excluding carboxylic acids is 2. The number of aromatic hydroxyl groups is 1. The summed E-state index contributed by atoms with van der Waals surface area (Å²) in [5, 5.41) is 21.4. The zero-order valence-corrected chi connectivity index (χ0v) is 13.2. The van der Waals surface area contributed by atoms with Gasteiger partial charge in [0.05, 0.1) is 6.42 Å². The van der Waals surface area contributed by atoms with Gasteiger partial charge in [-0.15, -0.1) is 0 Å². The molecule has 0 aromatic heterocycles. The van der Waals surface area contributed by atoms with Gasteiger partial charge in [0.15, 0.2) is 0 Å². The monoisotopic (exact) mass is 339 g/mol. The summed E-state index contributed by atoms with van der Waals surface area (Å²) in [5.74, 6) is -0.602. The molecular formula is C18H17N3O4. The highest BCUT2D eigenvalue weighted by molar-refractivity contribution is 6.03. The second-order valence-electron chi connectivity index (χ2n) is 5.71. The van der Waals surface area contributed by atoms with Crippen molar-refractivity contribution in [2.24, 2.45) is 0 Å². The number of fused-ring (bicyclic) bond motifs is 1. The smallest absolute Gasteiger partial charge is 0.247 e. The molecule has 5 N–H and O–H groups in total. The van der Waals surface area contributed by atoms with E-state index in [1.54, 1.807) is 30.3 Å². The number of phenols is 1. The number of nitrogens with one attached hydrogen (secondary N) is 3. The maximum absolute atomic E-state index is 12.1. The molecule has 1 aliphatic rings. The first-order valence-corrected chi connectivity index (χ1v) is 7.59. The lowest BCUT2D eigenvalue weighted by molar-refractivity contribution is -0.122. The van der Waals surface area contributed by atoms with Crippen molar-refractivity contribution in [3.8, 4) is 5.75 Å². The van der Waals surface area contributed by atoms with Crippen molar-refractivity contribution in [2.45, 2.75) is 12.5 Å². The van der Waals surface area contributed by atoms with Crippen LogP contribution >= 0.6 is 0 Å². The van der Waals surface area contributed by atoms with Crippen molar-refractivity contribution in [1.82, 2.24) is 10.9 Å². The fraction of sp³-hybridized carbons (Fsp3) is 0.111. The number of amides is 2. The molecule has 0 saturated heterocycles. The average molecular weight is 339 g/mol. The number of benzene rings is 2. The summed E-state index contributed by atoms with van der Waals surface area (Å²) in [5.41, 5.74) is 7.67. The van der Waals surface area contributed by atoms with Crippen LogP contribution in [0.25, 0.3) is 5.76 Å². The van der Waals surface area contributed by atoms with E-state index in [0.717, 1.165) is 5.56 Å². The Hall–Kier alpha value is -3.32. The maximum atomic E-state index is 12.1. The molecule has 3 rings (SSSR count). The lowest BCUT2D eigenvalue weighted by Gasteiger charge is -2.13. The second-order valence-corrected chi connectivity index (χ2v) is 5.71. The van der Waals surface area contributed by atoms with E-state index in [1.807, 2.05) is 0 Å². The highest BCUT2D eigenvalue weighted by Gasteiger charge is 2.31. The van der Waals surface area contributed by atoms with Crippen molar-refractivity contribution >= 4 is 23.3 Å². The number of aliphatic hydroxyl groups is 1. The quantitative estimate of drug-likeness (QED) is 0.421. The van der Waals surface area contributed by atoms with E-state index in [1.165, 1.54) is 12.1 Å². The summed E-state index contributed by atoms with van der Waals surface area (Å²) in [4.78, 5) is 24.1. The van der Waals surface area contributed by atoms with Crippen LogP contribution in [0.1, 0.15) is 22.7 Å². The molecule has 0 radical (unpaired) electrons. The largest absolute Gasteiger partial charge is 0.508 e. The molecular weight excluding hydrogens is 322 g/mol. The predicted octanol–water partition coefficient (Wildman–Crippen LogP) is 1.78. The summed E-state index contributed by atoms with van der Waals surface area (Å²) >= 11 is 0. The molecule has 2 aromatic carbocycles. The minimum atomic E-state index is -0.766. The zero-order valence-electron chi connectivity index (χ0n) is 13.2. The van der Waals surface area contributed by atoms with Crippen LogP contribution in [0.15, 0.2) is 49.0 Å².